The number of benzene rings is 2. The van der Waals surface area contributed by atoms with Crippen LogP contribution in [0.3, 0.4) is 0 Å². The first-order valence-electron chi connectivity index (χ1n) is 7.05. The monoisotopic (exact) mass is 318 g/mol. The fourth-order valence-corrected chi connectivity index (χ4v) is 2.32. The lowest BCUT2D eigenvalue weighted by molar-refractivity contribution is 0.873. The highest BCUT2D eigenvalue weighted by Gasteiger charge is 1.98. The van der Waals surface area contributed by atoms with Crippen molar-refractivity contribution in [2.75, 3.05) is 11.9 Å². The quantitative estimate of drug-likeness (QED) is 0.797. The number of hydrogen-bond donors (Lipinski definition) is 2. The molecule has 0 heterocycles. The maximum Gasteiger partial charge on any atom is 0.170 e. The standard InChI is InChI=1S/C17H19ClN2S/c1-2-13-5-9-16(10-6-13)20-17(21)19-12-11-14-3-7-15(18)8-4-14/h3-10H,2,11-12H2,1H3,(H2,19,20,21). The van der Waals surface area contributed by atoms with Crippen molar-refractivity contribution in [2.45, 2.75) is 19.8 Å². The maximum atomic E-state index is 5.86. The summed E-state index contributed by atoms with van der Waals surface area (Å²) in [4.78, 5) is 0. The lowest BCUT2D eigenvalue weighted by atomic mass is 10.1. The molecule has 0 unspecified atom stereocenters. The Bertz CT molecular complexity index is 579. The molecule has 0 aromatic heterocycles. The molecule has 0 aliphatic heterocycles. The number of hydrogen-bond acceptors (Lipinski definition) is 1. The van der Waals surface area contributed by atoms with Gasteiger partial charge in [-0.1, -0.05) is 42.8 Å². The molecule has 21 heavy (non-hydrogen) atoms. The third-order valence-corrected chi connectivity index (χ3v) is 3.73. The van der Waals surface area contributed by atoms with Crippen molar-refractivity contribution in [3.05, 3.63) is 64.7 Å². The summed E-state index contributed by atoms with van der Waals surface area (Å²) in [6.07, 6.45) is 1.96. The average molecular weight is 319 g/mol. The molecule has 2 N–H and O–H groups in total. The highest BCUT2D eigenvalue weighted by atomic mass is 35.5. The Balaban J connectivity index is 1.75. The molecule has 0 atom stereocenters. The summed E-state index contributed by atoms with van der Waals surface area (Å²) in [5.74, 6) is 0. The second-order valence-electron chi connectivity index (χ2n) is 4.81. The number of nitrogens with one attached hydrogen (secondary N) is 2. The molecule has 0 bridgehead atoms. The molecule has 0 fully saturated rings. The van der Waals surface area contributed by atoms with E-state index in [1.54, 1.807) is 0 Å². The summed E-state index contributed by atoms with van der Waals surface area (Å²) in [5.41, 5.74) is 3.57. The van der Waals surface area contributed by atoms with Gasteiger partial charge in [-0.3, -0.25) is 0 Å². The van der Waals surface area contributed by atoms with Gasteiger partial charge in [-0.2, -0.15) is 0 Å². The van der Waals surface area contributed by atoms with Crippen LogP contribution in [0, 0.1) is 0 Å². The number of aryl methyl sites for hydroxylation is 1. The Morgan fingerprint density at radius 1 is 1.00 bits per heavy atom. The van der Waals surface area contributed by atoms with E-state index in [0.717, 1.165) is 30.1 Å². The van der Waals surface area contributed by atoms with E-state index in [0.29, 0.717) is 5.11 Å². The van der Waals surface area contributed by atoms with Crippen LogP contribution in [-0.4, -0.2) is 11.7 Å². The molecule has 0 aliphatic rings. The predicted octanol–water partition coefficient (Wildman–Crippen LogP) is 4.43. The van der Waals surface area contributed by atoms with Crippen LogP contribution in [0.25, 0.3) is 0 Å². The van der Waals surface area contributed by atoms with Crippen LogP contribution < -0.4 is 10.6 Å². The topological polar surface area (TPSA) is 24.1 Å². The summed E-state index contributed by atoms with van der Waals surface area (Å²) < 4.78 is 0. The Hall–Kier alpha value is -1.58. The lowest BCUT2D eigenvalue weighted by Gasteiger charge is -2.11. The summed E-state index contributed by atoms with van der Waals surface area (Å²) in [7, 11) is 0. The van der Waals surface area contributed by atoms with Crippen molar-refractivity contribution < 1.29 is 0 Å². The number of halogens is 1. The molecule has 2 aromatic carbocycles. The predicted molar refractivity (Wildman–Crippen MR) is 95.2 cm³/mol. The number of thiocarbonyl (C=S) groups is 1. The van der Waals surface area contributed by atoms with Crippen LogP contribution in [0.2, 0.25) is 5.02 Å². The van der Waals surface area contributed by atoms with Crippen molar-refractivity contribution in [1.29, 1.82) is 0 Å². The van der Waals surface area contributed by atoms with Crippen molar-refractivity contribution in [3.63, 3.8) is 0 Å². The number of rotatable bonds is 5. The van der Waals surface area contributed by atoms with E-state index in [1.807, 2.05) is 36.4 Å². The van der Waals surface area contributed by atoms with E-state index in [-0.39, 0.29) is 0 Å². The molecule has 2 nitrogen and oxygen atoms in total. The molecule has 4 heteroatoms. The third-order valence-electron chi connectivity index (χ3n) is 3.23. The Kier molecular flexibility index (Phi) is 6.03. The van der Waals surface area contributed by atoms with E-state index in [1.165, 1.54) is 11.1 Å². The van der Waals surface area contributed by atoms with E-state index >= 15 is 0 Å². The SMILES string of the molecule is CCc1ccc(NC(=S)NCCc2ccc(Cl)cc2)cc1. The van der Waals surface area contributed by atoms with Crippen molar-refractivity contribution in [2.24, 2.45) is 0 Å². The van der Waals surface area contributed by atoms with E-state index in [2.05, 4.69) is 29.7 Å². The highest BCUT2D eigenvalue weighted by Crippen LogP contribution is 2.10. The van der Waals surface area contributed by atoms with Gasteiger partial charge in [0.2, 0.25) is 0 Å². The summed E-state index contributed by atoms with van der Waals surface area (Å²) >= 11 is 11.2. The van der Waals surface area contributed by atoms with Gasteiger partial charge in [0.15, 0.2) is 5.11 Å². The zero-order chi connectivity index (χ0) is 15.1. The largest absolute Gasteiger partial charge is 0.362 e. The molecule has 110 valence electrons. The smallest absolute Gasteiger partial charge is 0.170 e. The van der Waals surface area contributed by atoms with Crippen LogP contribution in [0.1, 0.15) is 18.1 Å². The molecule has 2 aromatic rings. The van der Waals surface area contributed by atoms with Gasteiger partial charge in [0.05, 0.1) is 0 Å². The van der Waals surface area contributed by atoms with Gasteiger partial charge in [-0.15, -0.1) is 0 Å². The molecule has 0 radical (unpaired) electrons. The summed E-state index contributed by atoms with van der Waals surface area (Å²) in [5, 5.41) is 7.81. The Morgan fingerprint density at radius 2 is 1.62 bits per heavy atom. The zero-order valence-electron chi connectivity index (χ0n) is 12.0. The van der Waals surface area contributed by atoms with E-state index in [4.69, 9.17) is 23.8 Å². The minimum absolute atomic E-state index is 0.646. The molecular weight excluding hydrogens is 300 g/mol. The summed E-state index contributed by atoms with van der Waals surface area (Å²) in [6.45, 7) is 2.94. The molecule has 0 amide bonds. The normalized spacial score (nSPS) is 10.2. The van der Waals surface area contributed by atoms with Gasteiger partial charge in [-0.05, 0) is 60.5 Å². The van der Waals surface area contributed by atoms with Gasteiger partial charge < -0.3 is 10.6 Å². The molecular formula is C17H19ClN2S. The van der Waals surface area contributed by atoms with Crippen LogP contribution in [0.4, 0.5) is 5.69 Å². The van der Waals surface area contributed by atoms with Gasteiger partial charge in [0, 0.05) is 17.3 Å². The van der Waals surface area contributed by atoms with E-state index in [9.17, 15) is 0 Å². The second-order valence-corrected chi connectivity index (χ2v) is 5.65. The minimum atomic E-state index is 0.646. The third kappa shape index (κ3) is 5.37. The fraction of sp³-hybridized carbons (Fsp3) is 0.235. The molecule has 0 spiro atoms. The first-order chi connectivity index (χ1) is 10.2. The Morgan fingerprint density at radius 3 is 2.24 bits per heavy atom. The van der Waals surface area contributed by atoms with Crippen LogP contribution >= 0.6 is 23.8 Å². The molecule has 0 saturated heterocycles. The second kappa shape index (κ2) is 8.01. The number of anilines is 1. The zero-order valence-corrected chi connectivity index (χ0v) is 13.6. The lowest BCUT2D eigenvalue weighted by Crippen LogP contribution is -2.30. The minimum Gasteiger partial charge on any atom is -0.362 e. The molecule has 2 rings (SSSR count). The van der Waals surface area contributed by atoms with Crippen molar-refractivity contribution in [1.82, 2.24) is 5.32 Å². The summed E-state index contributed by atoms with van der Waals surface area (Å²) in [6, 6.07) is 16.2. The fourth-order valence-electron chi connectivity index (χ4n) is 1.97. The van der Waals surface area contributed by atoms with Crippen molar-refractivity contribution in [3.8, 4) is 0 Å². The molecule has 0 saturated carbocycles. The van der Waals surface area contributed by atoms with Crippen LogP contribution in [-0.2, 0) is 12.8 Å². The van der Waals surface area contributed by atoms with Gasteiger partial charge in [0.1, 0.15) is 0 Å². The highest BCUT2D eigenvalue weighted by molar-refractivity contribution is 7.80. The van der Waals surface area contributed by atoms with E-state index < -0.39 is 0 Å². The molecule has 0 aliphatic carbocycles. The average Bonchev–Trinajstić information content (AvgIpc) is 2.50. The van der Waals surface area contributed by atoms with Crippen LogP contribution in [0.5, 0.6) is 0 Å². The Labute approximate surface area is 136 Å². The van der Waals surface area contributed by atoms with Crippen LogP contribution in [0.15, 0.2) is 48.5 Å². The van der Waals surface area contributed by atoms with Crippen molar-refractivity contribution >= 4 is 34.6 Å². The first kappa shape index (κ1) is 15.8. The van der Waals surface area contributed by atoms with Gasteiger partial charge in [0.25, 0.3) is 0 Å². The van der Waals surface area contributed by atoms with Gasteiger partial charge in [-0.25, -0.2) is 0 Å². The van der Waals surface area contributed by atoms with Gasteiger partial charge >= 0.3 is 0 Å². The maximum absolute atomic E-state index is 5.86. The first-order valence-corrected chi connectivity index (χ1v) is 7.84.